The van der Waals surface area contributed by atoms with Gasteiger partial charge in [-0.05, 0) is 47.4 Å². The van der Waals surface area contributed by atoms with E-state index < -0.39 is 23.0 Å². The van der Waals surface area contributed by atoms with Crippen LogP contribution >= 0.6 is 0 Å². The number of benzene rings is 2. The smallest absolute Gasteiger partial charge is 0.326 e. The van der Waals surface area contributed by atoms with Crippen molar-refractivity contribution in [2.75, 3.05) is 19.1 Å². The molecule has 2 aromatic carbocycles. The summed E-state index contributed by atoms with van der Waals surface area (Å²) in [5.41, 5.74) is 1.24. The third kappa shape index (κ3) is 3.11. The maximum absolute atomic E-state index is 13.9. The van der Waals surface area contributed by atoms with Gasteiger partial charge in [-0.3, -0.25) is 19.9 Å². The van der Waals surface area contributed by atoms with Crippen molar-refractivity contribution in [1.82, 2.24) is 10.3 Å². The van der Waals surface area contributed by atoms with Crippen LogP contribution in [-0.4, -0.2) is 41.7 Å². The summed E-state index contributed by atoms with van der Waals surface area (Å²) in [4.78, 5) is 33.3. The standard InChI is InChI=1S/C26H25N3O4/c1-29-21-8-4-3-7-20(21)26(23(29)31)16-25(24(32)33-2,14-17-9-11-19(30)12-10-17)28-22(26)18-6-5-13-27-15-18/h3-13,15,22,28,30H,14,16H2,1-2H3/t22-,25?,26+/m0/s1. The molecule has 1 amide bonds. The second-order valence-corrected chi connectivity index (χ2v) is 8.81. The number of para-hydroxylation sites is 1. The lowest BCUT2D eigenvalue weighted by Crippen LogP contribution is -2.50. The first-order chi connectivity index (χ1) is 15.9. The van der Waals surface area contributed by atoms with Crippen LogP contribution in [0.4, 0.5) is 5.69 Å². The van der Waals surface area contributed by atoms with E-state index in [0.29, 0.717) is 6.42 Å². The highest BCUT2D eigenvalue weighted by Crippen LogP contribution is 2.57. The lowest BCUT2D eigenvalue weighted by atomic mass is 9.70. The molecule has 3 aromatic rings. The molecule has 2 aliphatic heterocycles. The predicted octanol–water partition coefficient (Wildman–Crippen LogP) is 2.89. The number of likely N-dealkylation sites (N-methyl/N-ethyl adjacent to an activating group) is 1. The summed E-state index contributed by atoms with van der Waals surface area (Å²) >= 11 is 0. The van der Waals surface area contributed by atoms with E-state index in [2.05, 4.69) is 10.3 Å². The lowest BCUT2D eigenvalue weighted by molar-refractivity contribution is -0.148. The third-order valence-corrected chi connectivity index (χ3v) is 6.96. The number of phenolic OH excluding ortho intramolecular Hbond substituents is 1. The molecule has 1 spiro atoms. The number of fused-ring (bicyclic) bond motifs is 2. The molecule has 2 aliphatic rings. The van der Waals surface area contributed by atoms with E-state index in [1.54, 1.807) is 48.6 Å². The highest BCUT2D eigenvalue weighted by atomic mass is 16.5. The number of phenols is 1. The van der Waals surface area contributed by atoms with Crippen molar-refractivity contribution in [1.29, 1.82) is 0 Å². The van der Waals surface area contributed by atoms with Crippen molar-refractivity contribution in [2.24, 2.45) is 0 Å². The number of carbonyl (C=O) groups is 2. The fourth-order valence-electron chi connectivity index (χ4n) is 5.53. The molecule has 7 nitrogen and oxygen atoms in total. The molecular weight excluding hydrogens is 418 g/mol. The Morgan fingerprint density at radius 2 is 1.94 bits per heavy atom. The SMILES string of the molecule is COC(=O)C1(Cc2ccc(O)cc2)C[C@]2(C(=O)N(C)c3ccccc32)[C@H](c2cccnc2)N1. The number of rotatable bonds is 4. The fraction of sp³-hybridized carbons (Fsp3) is 0.269. The second-order valence-electron chi connectivity index (χ2n) is 8.81. The molecule has 1 aromatic heterocycles. The molecule has 1 fully saturated rings. The van der Waals surface area contributed by atoms with Crippen molar-refractivity contribution in [3.8, 4) is 5.75 Å². The Morgan fingerprint density at radius 3 is 2.64 bits per heavy atom. The normalized spacial score (nSPS) is 25.9. The minimum Gasteiger partial charge on any atom is -0.508 e. The zero-order valence-electron chi connectivity index (χ0n) is 18.5. The van der Waals surface area contributed by atoms with Gasteiger partial charge >= 0.3 is 5.97 Å². The molecule has 1 saturated heterocycles. The summed E-state index contributed by atoms with van der Waals surface area (Å²) in [6, 6.07) is 17.7. The van der Waals surface area contributed by atoms with Crippen molar-refractivity contribution >= 4 is 17.6 Å². The third-order valence-electron chi connectivity index (χ3n) is 6.96. The van der Waals surface area contributed by atoms with Gasteiger partial charge in [-0.15, -0.1) is 0 Å². The van der Waals surface area contributed by atoms with E-state index in [1.807, 2.05) is 36.4 Å². The molecule has 5 rings (SSSR count). The van der Waals surface area contributed by atoms with Gasteiger partial charge in [0.1, 0.15) is 11.3 Å². The molecule has 168 valence electrons. The van der Waals surface area contributed by atoms with Crippen molar-refractivity contribution < 1.29 is 19.4 Å². The molecule has 7 heteroatoms. The van der Waals surface area contributed by atoms with Crippen LogP contribution in [0.2, 0.25) is 0 Å². The van der Waals surface area contributed by atoms with E-state index in [1.165, 1.54) is 7.11 Å². The van der Waals surface area contributed by atoms with Crippen molar-refractivity contribution in [2.45, 2.75) is 29.8 Å². The average molecular weight is 444 g/mol. The molecule has 3 heterocycles. The van der Waals surface area contributed by atoms with Crippen LogP contribution in [0, 0.1) is 0 Å². The Morgan fingerprint density at radius 1 is 1.18 bits per heavy atom. The molecule has 3 atom stereocenters. The summed E-state index contributed by atoms with van der Waals surface area (Å²) in [6.45, 7) is 0. The number of aromatic hydroxyl groups is 1. The summed E-state index contributed by atoms with van der Waals surface area (Å²) in [6.07, 6.45) is 3.96. The molecule has 1 unspecified atom stereocenters. The van der Waals surface area contributed by atoms with Gasteiger partial charge < -0.3 is 14.7 Å². The van der Waals surface area contributed by atoms with Crippen molar-refractivity contribution in [3.05, 3.63) is 89.7 Å². The first-order valence-electron chi connectivity index (χ1n) is 10.8. The van der Waals surface area contributed by atoms with Gasteiger partial charge in [0.2, 0.25) is 5.91 Å². The molecule has 0 radical (unpaired) electrons. The van der Waals surface area contributed by atoms with Gasteiger partial charge in [0, 0.05) is 31.5 Å². The topological polar surface area (TPSA) is 91.8 Å². The summed E-state index contributed by atoms with van der Waals surface area (Å²) < 4.78 is 5.28. The molecule has 33 heavy (non-hydrogen) atoms. The number of pyridine rings is 1. The highest BCUT2D eigenvalue weighted by Gasteiger charge is 2.66. The van der Waals surface area contributed by atoms with Crippen molar-refractivity contribution in [3.63, 3.8) is 0 Å². The number of hydrogen-bond donors (Lipinski definition) is 2. The number of hydrogen-bond acceptors (Lipinski definition) is 6. The van der Waals surface area contributed by atoms with E-state index in [9.17, 15) is 14.7 Å². The number of ether oxygens (including phenoxy) is 1. The molecule has 2 N–H and O–H groups in total. The number of aromatic nitrogens is 1. The highest BCUT2D eigenvalue weighted by molar-refractivity contribution is 6.09. The Bertz CT molecular complexity index is 1210. The number of anilines is 1. The number of methoxy groups -OCH3 is 1. The van der Waals surface area contributed by atoms with Gasteiger partial charge in [0.15, 0.2) is 0 Å². The maximum Gasteiger partial charge on any atom is 0.326 e. The van der Waals surface area contributed by atoms with Gasteiger partial charge in [0.05, 0.1) is 18.6 Å². The Kier molecular flexibility index (Phi) is 4.94. The van der Waals surface area contributed by atoms with Crippen LogP contribution in [0.1, 0.15) is 29.2 Å². The monoisotopic (exact) mass is 443 g/mol. The van der Waals surface area contributed by atoms with Crippen LogP contribution in [0.5, 0.6) is 5.75 Å². The van der Waals surface area contributed by atoms with Gasteiger partial charge in [-0.2, -0.15) is 0 Å². The van der Waals surface area contributed by atoms with Crippen LogP contribution in [0.25, 0.3) is 0 Å². The first-order valence-corrected chi connectivity index (χ1v) is 10.8. The molecule has 0 aliphatic carbocycles. The van der Waals surface area contributed by atoms with E-state index in [-0.39, 0.29) is 18.1 Å². The molecular formula is C26H25N3O4. The zero-order valence-corrected chi connectivity index (χ0v) is 18.5. The Balaban J connectivity index is 1.71. The Labute approximate surface area is 192 Å². The predicted molar refractivity (Wildman–Crippen MR) is 123 cm³/mol. The zero-order chi connectivity index (χ0) is 23.2. The van der Waals surface area contributed by atoms with E-state index >= 15 is 0 Å². The average Bonchev–Trinajstić information content (AvgIpc) is 3.31. The quantitative estimate of drug-likeness (QED) is 0.603. The van der Waals surface area contributed by atoms with Gasteiger partial charge in [-0.25, -0.2) is 0 Å². The van der Waals surface area contributed by atoms with Gasteiger partial charge in [-0.1, -0.05) is 36.4 Å². The largest absolute Gasteiger partial charge is 0.508 e. The first kappa shape index (κ1) is 21.2. The number of amides is 1. The minimum absolute atomic E-state index is 0.0680. The number of nitrogens with one attached hydrogen (secondary N) is 1. The summed E-state index contributed by atoms with van der Waals surface area (Å²) in [7, 11) is 3.14. The number of carbonyl (C=O) groups excluding carboxylic acids is 2. The minimum atomic E-state index is -1.15. The van der Waals surface area contributed by atoms with Gasteiger partial charge in [0.25, 0.3) is 0 Å². The summed E-state index contributed by atoms with van der Waals surface area (Å²) in [5.74, 6) is -0.348. The van der Waals surface area contributed by atoms with Crippen LogP contribution in [0.15, 0.2) is 73.1 Å². The van der Waals surface area contributed by atoms with Crippen LogP contribution in [0.3, 0.4) is 0 Å². The molecule has 0 bridgehead atoms. The second kappa shape index (κ2) is 7.71. The summed E-state index contributed by atoms with van der Waals surface area (Å²) in [5, 5.41) is 13.2. The molecule has 0 saturated carbocycles. The van der Waals surface area contributed by atoms with Crippen LogP contribution in [-0.2, 0) is 26.2 Å². The maximum atomic E-state index is 13.9. The number of esters is 1. The fourth-order valence-corrected chi connectivity index (χ4v) is 5.53. The number of nitrogens with zero attached hydrogens (tertiary/aromatic N) is 2. The lowest BCUT2D eigenvalue weighted by Gasteiger charge is -2.30. The van der Waals surface area contributed by atoms with E-state index in [0.717, 1.165) is 22.4 Å². The Hall–Kier alpha value is -3.71. The van der Waals surface area contributed by atoms with Crippen LogP contribution < -0.4 is 10.2 Å². The van der Waals surface area contributed by atoms with E-state index in [4.69, 9.17) is 4.74 Å².